The molecule has 0 saturated carbocycles. The number of morpholine rings is 1. The summed E-state index contributed by atoms with van der Waals surface area (Å²) in [6.07, 6.45) is 1.01. The molecule has 0 aromatic carbocycles. The molecular formula is C16H20N2O5S. The highest BCUT2D eigenvalue weighted by molar-refractivity contribution is 7.10. The van der Waals surface area contributed by atoms with Crippen LogP contribution in [0.15, 0.2) is 11.4 Å². The predicted molar refractivity (Wildman–Crippen MR) is 86.6 cm³/mol. The molecule has 1 unspecified atom stereocenters. The Morgan fingerprint density at radius 3 is 2.83 bits per heavy atom. The maximum atomic E-state index is 12.3. The van der Waals surface area contributed by atoms with Crippen LogP contribution in [0.3, 0.4) is 0 Å². The second-order valence-corrected chi connectivity index (χ2v) is 6.95. The summed E-state index contributed by atoms with van der Waals surface area (Å²) in [6, 6.07) is 1.08. The Kier molecular flexibility index (Phi) is 5.15. The van der Waals surface area contributed by atoms with E-state index in [1.54, 1.807) is 16.2 Å². The van der Waals surface area contributed by atoms with Crippen molar-refractivity contribution in [3.05, 3.63) is 21.9 Å². The SMILES string of the molecule is O=C(O)C1COCCN1C(=O)CCC(=O)N1CCc2sccc2C1. The lowest BCUT2D eigenvalue weighted by Gasteiger charge is -2.33. The van der Waals surface area contributed by atoms with E-state index in [1.807, 2.05) is 11.4 Å². The predicted octanol–water partition coefficient (Wildman–Crippen LogP) is 0.725. The van der Waals surface area contributed by atoms with Crippen molar-refractivity contribution in [3.63, 3.8) is 0 Å². The molecule has 2 amide bonds. The van der Waals surface area contributed by atoms with Gasteiger partial charge in [-0.1, -0.05) is 0 Å². The number of hydrogen-bond acceptors (Lipinski definition) is 5. The van der Waals surface area contributed by atoms with Gasteiger partial charge in [0.2, 0.25) is 11.8 Å². The van der Waals surface area contributed by atoms with E-state index in [-0.39, 0.29) is 37.8 Å². The maximum absolute atomic E-state index is 12.3. The van der Waals surface area contributed by atoms with E-state index in [9.17, 15) is 14.4 Å². The first-order valence-corrected chi connectivity index (χ1v) is 8.87. The number of fused-ring (bicyclic) bond motifs is 1. The lowest BCUT2D eigenvalue weighted by Crippen LogP contribution is -2.52. The van der Waals surface area contributed by atoms with Crippen molar-refractivity contribution in [2.24, 2.45) is 0 Å². The molecule has 2 aliphatic heterocycles. The Morgan fingerprint density at radius 2 is 2.04 bits per heavy atom. The van der Waals surface area contributed by atoms with Gasteiger partial charge in [0, 0.05) is 37.4 Å². The Morgan fingerprint density at radius 1 is 1.25 bits per heavy atom. The van der Waals surface area contributed by atoms with E-state index < -0.39 is 12.0 Å². The first-order valence-electron chi connectivity index (χ1n) is 7.99. The zero-order valence-electron chi connectivity index (χ0n) is 13.3. The molecule has 0 radical (unpaired) electrons. The van der Waals surface area contributed by atoms with Gasteiger partial charge in [-0.15, -0.1) is 11.3 Å². The number of carboxylic acid groups (broad SMARTS) is 1. The van der Waals surface area contributed by atoms with Crippen LogP contribution in [0, 0.1) is 0 Å². The van der Waals surface area contributed by atoms with Crippen LogP contribution in [-0.4, -0.2) is 65.0 Å². The van der Waals surface area contributed by atoms with Gasteiger partial charge in [-0.25, -0.2) is 4.79 Å². The fraction of sp³-hybridized carbons (Fsp3) is 0.562. The van der Waals surface area contributed by atoms with Crippen molar-refractivity contribution in [1.29, 1.82) is 0 Å². The molecule has 7 nitrogen and oxygen atoms in total. The molecular weight excluding hydrogens is 332 g/mol. The van der Waals surface area contributed by atoms with Crippen LogP contribution in [0.5, 0.6) is 0 Å². The van der Waals surface area contributed by atoms with Gasteiger partial charge < -0.3 is 19.6 Å². The van der Waals surface area contributed by atoms with Crippen molar-refractivity contribution >= 4 is 29.1 Å². The maximum Gasteiger partial charge on any atom is 0.328 e. The highest BCUT2D eigenvalue weighted by Crippen LogP contribution is 2.24. The minimum absolute atomic E-state index is 0.00206. The molecule has 24 heavy (non-hydrogen) atoms. The molecule has 0 aliphatic carbocycles. The summed E-state index contributed by atoms with van der Waals surface area (Å²) in [4.78, 5) is 40.3. The number of amides is 2. The van der Waals surface area contributed by atoms with Gasteiger partial charge in [-0.2, -0.15) is 0 Å². The molecule has 0 spiro atoms. The minimum atomic E-state index is -1.07. The molecule has 8 heteroatoms. The van der Waals surface area contributed by atoms with Crippen LogP contribution in [0.25, 0.3) is 0 Å². The van der Waals surface area contributed by atoms with Crippen LogP contribution >= 0.6 is 11.3 Å². The van der Waals surface area contributed by atoms with Crippen molar-refractivity contribution < 1.29 is 24.2 Å². The third-order valence-corrected chi connectivity index (χ3v) is 5.47. The van der Waals surface area contributed by atoms with E-state index in [0.29, 0.717) is 19.7 Å². The van der Waals surface area contributed by atoms with Gasteiger partial charge in [-0.05, 0) is 23.4 Å². The van der Waals surface area contributed by atoms with Gasteiger partial charge in [0.15, 0.2) is 6.04 Å². The number of rotatable bonds is 4. The van der Waals surface area contributed by atoms with Gasteiger partial charge in [-0.3, -0.25) is 9.59 Å². The molecule has 3 heterocycles. The molecule has 130 valence electrons. The van der Waals surface area contributed by atoms with Crippen LogP contribution in [-0.2, 0) is 32.1 Å². The molecule has 1 saturated heterocycles. The van der Waals surface area contributed by atoms with Crippen LogP contribution in [0.2, 0.25) is 0 Å². The molecule has 1 aromatic rings. The first kappa shape index (κ1) is 16.9. The molecule has 1 N–H and O–H groups in total. The van der Waals surface area contributed by atoms with Crippen LogP contribution in [0.1, 0.15) is 23.3 Å². The third kappa shape index (κ3) is 3.59. The molecule has 1 aromatic heterocycles. The highest BCUT2D eigenvalue weighted by Gasteiger charge is 2.33. The summed E-state index contributed by atoms with van der Waals surface area (Å²) < 4.78 is 5.12. The lowest BCUT2D eigenvalue weighted by molar-refractivity contribution is -0.158. The summed E-state index contributed by atoms with van der Waals surface area (Å²) in [5.41, 5.74) is 1.19. The minimum Gasteiger partial charge on any atom is -0.480 e. The van der Waals surface area contributed by atoms with Gasteiger partial charge in [0.25, 0.3) is 0 Å². The summed E-state index contributed by atoms with van der Waals surface area (Å²) in [6.45, 7) is 1.86. The largest absolute Gasteiger partial charge is 0.480 e. The Bertz CT molecular complexity index is 644. The number of carbonyl (C=O) groups is 3. The zero-order chi connectivity index (χ0) is 17.1. The highest BCUT2D eigenvalue weighted by atomic mass is 32.1. The Hall–Kier alpha value is -1.93. The second-order valence-electron chi connectivity index (χ2n) is 5.95. The van der Waals surface area contributed by atoms with Gasteiger partial charge in [0.05, 0.1) is 13.2 Å². The number of nitrogens with zero attached hydrogens (tertiary/aromatic N) is 2. The average Bonchev–Trinajstić information content (AvgIpc) is 3.06. The Labute approximate surface area is 143 Å². The van der Waals surface area contributed by atoms with E-state index in [1.165, 1.54) is 15.3 Å². The van der Waals surface area contributed by atoms with E-state index in [4.69, 9.17) is 9.84 Å². The van der Waals surface area contributed by atoms with Gasteiger partial charge in [0.1, 0.15) is 0 Å². The smallest absolute Gasteiger partial charge is 0.328 e. The topological polar surface area (TPSA) is 87.1 Å². The molecule has 1 atom stereocenters. The molecule has 1 fully saturated rings. The number of carbonyl (C=O) groups excluding carboxylic acids is 2. The average molecular weight is 352 g/mol. The number of hydrogen-bond donors (Lipinski definition) is 1. The quantitative estimate of drug-likeness (QED) is 0.863. The summed E-state index contributed by atoms with van der Waals surface area (Å²) in [7, 11) is 0. The number of thiophene rings is 1. The third-order valence-electron chi connectivity index (χ3n) is 4.45. The fourth-order valence-corrected chi connectivity index (χ4v) is 3.97. The van der Waals surface area contributed by atoms with E-state index >= 15 is 0 Å². The lowest BCUT2D eigenvalue weighted by atomic mass is 10.1. The second kappa shape index (κ2) is 7.31. The number of ether oxygens (including phenoxy) is 1. The molecule has 2 aliphatic rings. The van der Waals surface area contributed by atoms with Crippen molar-refractivity contribution in [2.45, 2.75) is 31.8 Å². The number of carboxylic acids is 1. The standard InChI is InChI=1S/C16H20N2O5S/c19-14(17-5-3-13-11(9-17)4-8-24-13)1-2-15(20)18-6-7-23-10-12(18)16(21)22/h4,8,12H,1-3,5-7,9-10H2,(H,21,22). The normalized spacial score (nSPS) is 20.6. The van der Waals surface area contributed by atoms with Crippen molar-refractivity contribution in [3.8, 4) is 0 Å². The van der Waals surface area contributed by atoms with E-state index in [0.717, 1.165) is 6.42 Å². The fourth-order valence-electron chi connectivity index (χ4n) is 3.08. The first-order chi connectivity index (χ1) is 11.6. The summed E-state index contributed by atoms with van der Waals surface area (Å²) in [5, 5.41) is 11.2. The van der Waals surface area contributed by atoms with Crippen LogP contribution < -0.4 is 0 Å². The zero-order valence-corrected chi connectivity index (χ0v) is 14.1. The summed E-state index contributed by atoms with van der Waals surface area (Å²) in [5.74, 6) is -1.43. The molecule has 3 rings (SSSR count). The van der Waals surface area contributed by atoms with E-state index in [2.05, 4.69) is 0 Å². The summed E-state index contributed by atoms with van der Waals surface area (Å²) >= 11 is 1.71. The van der Waals surface area contributed by atoms with Gasteiger partial charge >= 0.3 is 5.97 Å². The number of aliphatic carboxylic acids is 1. The van der Waals surface area contributed by atoms with Crippen molar-refractivity contribution in [2.75, 3.05) is 26.3 Å². The van der Waals surface area contributed by atoms with Crippen LogP contribution in [0.4, 0.5) is 0 Å². The Balaban J connectivity index is 1.52. The monoisotopic (exact) mass is 352 g/mol. The molecule has 0 bridgehead atoms. The van der Waals surface area contributed by atoms with Crippen molar-refractivity contribution in [1.82, 2.24) is 9.80 Å².